The molecule has 1 aromatic rings. The van der Waals surface area contributed by atoms with Crippen molar-refractivity contribution in [1.29, 1.82) is 0 Å². The van der Waals surface area contributed by atoms with Gasteiger partial charge in [0.05, 0.1) is 6.61 Å². The Morgan fingerprint density at radius 3 is 2.56 bits per heavy atom. The summed E-state index contributed by atoms with van der Waals surface area (Å²) in [7, 11) is 0. The Morgan fingerprint density at radius 2 is 1.88 bits per heavy atom. The lowest BCUT2D eigenvalue weighted by atomic mass is 9.97. The molecule has 2 nitrogen and oxygen atoms in total. The summed E-state index contributed by atoms with van der Waals surface area (Å²) in [6, 6.07) is 10.3. The van der Waals surface area contributed by atoms with Crippen molar-refractivity contribution in [2.24, 2.45) is 11.7 Å². The van der Waals surface area contributed by atoms with Gasteiger partial charge in [0.1, 0.15) is 5.75 Å². The number of benzene rings is 1. The van der Waals surface area contributed by atoms with E-state index in [0.29, 0.717) is 6.04 Å². The van der Waals surface area contributed by atoms with Gasteiger partial charge in [-0.25, -0.2) is 0 Å². The van der Waals surface area contributed by atoms with E-state index < -0.39 is 0 Å². The molecule has 1 aromatic carbocycles. The molecule has 0 amide bonds. The van der Waals surface area contributed by atoms with Crippen molar-refractivity contribution in [2.75, 3.05) is 6.61 Å². The first-order chi connectivity index (χ1) is 7.86. The van der Waals surface area contributed by atoms with E-state index in [1.165, 1.54) is 25.7 Å². The summed E-state index contributed by atoms with van der Waals surface area (Å²) in [5.41, 5.74) is 6.16. The lowest BCUT2D eigenvalue weighted by molar-refractivity contribution is 0.274. The van der Waals surface area contributed by atoms with Crippen LogP contribution in [0.25, 0.3) is 0 Å². The van der Waals surface area contributed by atoms with Gasteiger partial charge in [0.25, 0.3) is 0 Å². The number of rotatable bonds is 5. The van der Waals surface area contributed by atoms with Crippen LogP contribution >= 0.6 is 0 Å². The fourth-order valence-electron chi connectivity index (χ4n) is 2.45. The highest BCUT2D eigenvalue weighted by atomic mass is 16.5. The third-order valence-corrected chi connectivity index (χ3v) is 3.47. The zero-order valence-electron chi connectivity index (χ0n) is 9.77. The van der Waals surface area contributed by atoms with Crippen molar-refractivity contribution in [3.8, 4) is 5.75 Å². The highest BCUT2D eigenvalue weighted by molar-refractivity contribution is 5.20. The molecule has 0 bridgehead atoms. The van der Waals surface area contributed by atoms with Gasteiger partial charge < -0.3 is 10.5 Å². The number of nitrogens with two attached hydrogens (primary N) is 1. The van der Waals surface area contributed by atoms with E-state index in [4.69, 9.17) is 10.5 Å². The minimum atomic E-state index is 0.325. The molecular formula is C14H21NO. The minimum Gasteiger partial charge on any atom is -0.494 e. The van der Waals surface area contributed by atoms with E-state index >= 15 is 0 Å². The summed E-state index contributed by atoms with van der Waals surface area (Å²) in [4.78, 5) is 0. The van der Waals surface area contributed by atoms with Gasteiger partial charge in [0.15, 0.2) is 0 Å². The average Bonchev–Trinajstić information content (AvgIpc) is 2.84. The van der Waals surface area contributed by atoms with Crippen LogP contribution in [0.4, 0.5) is 0 Å². The quantitative estimate of drug-likeness (QED) is 0.826. The molecule has 1 unspecified atom stereocenters. The van der Waals surface area contributed by atoms with Gasteiger partial charge >= 0.3 is 0 Å². The van der Waals surface area contributed by atoms with E-state index in [2.05, 4.69) is 0 Å². The first-order valence-corrected chi connectivity index (χ1v) is 6.29. The summed E-state index contributed by atoms with van der Waals surface area (Å²) >= 11 is 0. The molecule has 2 rings (SSSR count). The molecule has 0 spiro atoms. The van der Waals surface area contributed by atoms with Crippen LogP contribution in [0.5, 0.6) is 5.75 Å². The SMILES string of the molecule is NC(CCOc1ccccc1)C1CCCC1. The van der Waals surface area contributed by atoms with E-state index in [-0.39, 0.29) is 0 Å². The summed E-state index contributed by atoms with van der Waals surface area (Å²) in [6.45, 7) is 0.738. The van der Waals surface area contributed by atoms with E-state index in [0.717, 1.165) is 24.7 Å². The zero-order chi connectivity index (χ0) is 11.2. The Bertz CT molecular complexity index is 293. The molecule has 0 aliphatic heterocycles. The molecule has 1 saturated carbocycles. The summed E-state index contributed by atoms with van der Waals surface area (Å²) in [5, 5.41) is 0. The van der Waals surface area contributed by atoms with Crippen molar-refractivity contribution in [1.82, 2.24) is 0 Å². The molecule has 1 aliphatic rings. The van der Waals surface area contributed by atoms with Crippen molar-refractivity contribution >= 4 is 0 Å². The Labute approximate surface area is 97.8 Å². The van der Waals surface area contributed by atoms with E-state index in [9.17, 15) is 0 Å². The molecule has 1 atom stereocenters. The van der Waals surface area contributed by atoms with Crippen LogP contribution in [0, 0.1) is 5.92 Å². The van der Waals surface area contributed by atoms with Crippen molar-refractivity contribution in [2.45, 2.75) is 38.1 Å². The summed E-state index contributed by atoms with van der Waals surface area (Å²) < 4.78 is 5.66. The first kappa shape index (κ1) is 11.5. The van der Waals surface area contributed by atoms with Crippen molar-refractivity contribution in [3.63, 3.8) is 0 Å². The van der Waals surface area contributed by atoms with Gasteiger partial charge in [-0.3, -0.25) is 0 Å². The minimum absolute atomic E-state index is 0.325. The van der Waals surface area contributed by atoms with Gasteiger partial charge in [-0.15, -0.1) is 0 Å². The van der Waals surface area contributed by atoms with Crippen LogP contribution in [0.3, 0.4) is 0 Å². The molecule has 2 heteroatoms. The van der Waals surface area contributed by atoms with Crippen LogP contribution in [0.2, 0.25) is 0 Å². The second kappa shape index (κ2) is 5.90. The smallest absolute Gasteiger partial charge is 0.119 e. The highest BCUT2D eigenvalue weighted by Crippen LogP contribution is 2.27. The standard InChI is InChI=1S/C14H21NO/c15-14(12-6-4-5-7-12)10-11-16-13-8-2-1-3-9-13/h1-3,8-9,12,14H,4-7,10-11,15H2. The van der Waals surface area contributed by atoms with E-state index in [1.807, 2.05) is 30.3 Å². The van der Waals surface area contributed by atoms with Crippen LogP contribution < -0.4 is 10.5 Å². The van der Waals surface area contributed by atoms with Gasteiger partial charge in [0, 0.05) is 6.04 Å². The third kappa shape index (κ3) is 3.24. The summed E-state index contributed by atoms with van der Waals surface area (Å²) in [5.74, 6) is 1.68. The Morgan fingerprint density at radius 1 is 1.19 bits per heavy atom. The van der Waals surface area contributed by atoms with Gasteiger partial charge in [-0.1, -0.05) is 31.0 Å². The summed E-state index contributed by atoms with van der Waals surface area (Å²) in [6.07, 6.45) is 6.31. The molecular weight excluding hydrogens is 198 g/mol. The third-order valence-electron chi connectivity index (χ3n) is 3.47. The molecule has 0 radical (unpaired) electrons. The highest BCUT2D eigenvalue weighted by Gasteiger charge is 2.21. The molecule has 0 aromatic heterocycles. The fourth-order valence-corrected chi connectivity index (χ4v) is 2.45. The molecule has 0 heterocycles. The molecule has 16 heavy (non-hydrogen) atoms. The average molecular weight is 219 g/mol. The monoisotopic (exact) mass is 219 g/mol. The number of para-hydroxylation sites is 1. The lowest BCUT2D eigenvalue weighted by Crippen LogP contribution is -2.30. The van der Waals surface area contributed by atoms with Gasteiger partial charge in [-0.2, -0.15) is 0 Å². The maximum absolute atomic E-state index is 6.16. The second-order valence-electron chi connectivity index (χ2n) is 4.66. The second-order valence-corrected chi connectivity index (χ2v) is 4.66. The van der Waals surface area contributed by atoms with Crippen molar-refractivity contribution < 1.29 is 4.74 Å². The largest absolute Gasteiger partial charge is 0.494 e. The number of hydrogen-bond acceptors (Lipinski definition) is 2. The zero-order valence-corrected chi connectivity index (χ0v) is 9.77. The molecule has 88 valence electrons. The van der Waals surface area contributed by atoms with Crippen LogP contribution in [-0.4, -0.2) is 12.6 Å². The predicted molar refractivity (Wildman–Crippen MR) is 66.5 cm³/mol. The van der Waals surface area contributed by atoms with Crippen molar-refractivity contribution in [3.05, 3.63) is 30.3 Å². The maximum atomic E-state index is 6.16. The van der Waals surface area contributed by atoms with E-state index in [1.54, 1.807) is 0 Å². The molecule has 0 saturated heterocycles. The topological polar surface area (TPSA) is 35.2 Å². The number of hydrogen-bond donors (Lipinski definition) is 1. The molecule has 2 N–H and O–H groups in total. The Balaban J connectivity index is 1.67. The first-order valence-electron chi connectivity index (χ1n) is 6.29. The van der Waals surface area contributed by atoms with Crippen LogP contribution in [0.1, 0.15) is 32.1 Å². The van der Waals surface area contributed by atoms with Gasteiger partial charge in [-0.05, 0) is 37.3 Å². The molecule has 1 aliphatic carbocycles. The maximum Gasteiger partial charge on any atom is 0.119 e. The Hall–Kier alpha value is -1.02. The number of ether oxygens (including phenoxy) is 1. The van der Waals surface area contributed by atoms with Gasteiger partial charge in [0.2, 0.25) is 0 Å². The lowest BCUT2D eigenvalue weighted by Gasteiger charge is -2.18. The molecule has 1 fully saturated rings. The normalized spacial score (nSPS) is 18.6. The van der Waals surface area contributed by atoms with Crippen LogP contribution in [-0.2, 0) is 0 Å². The fraction of sp³-hybridized carbons (Fsp3) is 0.571. The predicted octanol–water partition coefficient (Wildman–Crippen LogP) is 2.97. The Kier molecular flexibility index (Phi) is 4.23. The van der Waals surface area contributed by atoms with Crippen LogP contribution in [0.15, 0.2) is 30.3 Å².